The van der Waals surface area contributed by atoms with Crippen molar-refractivity contribution in [2.75, 3.05) is 20.2 Å². The zero-order valence-corrected chi connectivity index (χ0v) is 22.3. The Morgan fingerprint density at radius 1 is 1.07 bits per heavy atom. The van der Waals surface area contributed by atoms with E-state index in [9.17, 15) is 32.3 Å². The molecule has 3 aromatic rings. The van der Waals surface area contributed by atoms with Crippen molar-refractivity contribution in [3.05, 3.63) is 81.6 Å². The first-order valence-corrected chi connectivity index (χ1v) is 12.5. The van der Waals surface area contributed by atoms with Crippen LogP contribution >= 0.6 is 23.2 Å². The lowest BCUT2D eigenvalue weighted by atomic mass is 9.89. The molecule has 40 heavy (non-hydrogen) atoms. The maximum atomic E-state index is 14.2. The molecule has 0 spiro atoms. The van der Waals surface area contributed by atoms with Crippen LogP contribution in [0.2, 0.25) is 10.0 Å². The quantitative estimate of drug-likeness (QED) is 0.307. The summed E-state index contributed by atoms with van der Waals surface area (Å²) < 4.78 is 67.2. The van der Waals surface area contributed by atoms with Crippen LogP contribution in [0.15, 0.2) is 54.6 Å². The van der Waals surface area contributed by atoms with E-state index in [1.54, 1.807) is 0 Å². The number of methoxy groups -OCH3 is 1. The van der Waals surface area contributed by atoms with E-state index in [2.05, 4.69) is 10.6 Å². The van der Waals surface area contributed by atoms with Gasteiger partial charge in [-0.25, -0.2) is 4.39 Å². The van der Waals surface area contributed by atoms with Gasteiger partial charge in [0, 0.05) is 24.1 Å². The monoisotopic (exact) mass is 600 g/mol. The Labute approximate surface area is 236 Å². The first kappa shape index (κ1) is 29.4. The Bertz CT molecular complexity index is 1450. The van der Waals surface area contributed by atoms with Crippen molar-refractivity contribution in [1.29, 1.82) is 0 Å². The van der Waals surface area contributed by atoms with Crippen LogP contribution < -0.4 is 20.1 Å². The minimum Gasteiger partial charge on any atom is -0.496 e. The lowest BCUT2D eigenvalue weighted by Crippen LogP contribution is -2.51. The van der Waals surface area contributed by atoms with E-state index in [0.29, 0.717) is 13.0 Å². The van der Waals surface area contributed by atoms with Crippen LogP contribution in [0, 0.1) is 5.82 Å². The van der Waals surface area contributed by atoms with Crippen molar-refractivity contribution in [1.82, 2.24) is 10.6 Å². The van der Waals surface area contributed by atoms with E-state index in [0.717, 1.165) is 18.2 Å². The molecule has 1 aliphatic rings. The second-order valence-corrected chi connectivity index (χ2v) is 9.73. The van der Waals surface area contributed by atoms with Gasteiger partial charge in [0.15, 0.2) is 6.10 Å². The number of alkyl halides is 3. The molecule has 2 amide bonds. The molecule has 0 saturated carbocycles. The standard InChI is InChI=1S/C27H22Cl2F4N2O5/c1-39-21-7-4-16(12-17(21)14-2-5-20(30)18(28)10-14)26(38,27(31,32)33)13-35-24(36)15-3-6-22(19(29)11-15)40-23-8-9-34-25(23)37/h2-7,10-12,23,38H,8-9,13H2,1H3,(H,34,37)(H,35,36). The van der Waals surface area contributed by atoms with Gasteiger partial charge in [0.25, 0.3) is 11.8 Å². The van der Waals surface area contributed by atoms with Crippen LogP contribution in [0.4, 0.5) is 17.6 Å². The maximum absolute atomic E-state index is 14.2. The largest absolute Gasteiger partial charge is 0.496 e. The van der Waals surface area contributed by atoms with Gasteiger partial charge in [0.1, 0.15) is 17.3 Å². The average molecular weight is 601 g/mol. The van der Waals surface area contributed by atoms with Gasteiger partial charge >= 0.3 is 6.18 Å². The smallest absolute Gasteiger partial charge is 0.423 e. The predicted octanol–water partition coefficient (Wildman–Crippen LogP) is 5.26. The van der Waals surface area contributed by atoms with Crippen LogP contribution in [0.5, 0.6) is 11.5 Å². The number of rotatable bonds is 8. The van der Waals surface area contributed by atoms with E-state index in [1.807, 2.05) is 0 Å². The third kappa shape index (κ3) is 5.96. The van der Waals surface area contributed by atoms with Crippen molar-refractivity contribution in [2.24, 2.45) is 0 Å². The molecule has 3 N–H and O–H groups in total. The molecule has 2 unspecified atom stereocenters. The highest BCUT2D eigenvalue weighted by atomic mass is 35.5. The molecule has 0 bridgehead atoms. The van der Waals surface area contributed by atoms with Crippen molar-refractivity contribution in [3.8, 4) is 22.6 Å². The summed E-state index contributed by atoms with van der Waals surface area (Å²) in [5.74, 6) is -1.72. The third-order valence-corrected chi connectivity index (χ3v) is 6.93. The SMILES string of the molecule is COc1ccc(C(O)(CNC(=O)c2ccc(OC3CCNC3=O)c(Cl)c2)C(F)(F)F)cc1-c1ccc(F)c(Cl)c1. The fourth-order valence-electron chi connectivity index (χ4n) is 4.11. The number of benzene rings is 3. The first-order valence-electron chi connectivity index (χ1n) is 11.8. The number of carbonyl (C=O) groups is 2. The Kier molecular flexibility index (Phi) is 8.48. The highest BCUT2D eigenvalue weighted by Gasteiger charge is 2.55. The van der Waals surface area contributed by atoms with Crippen LogP contribution in [-0.4, -0.2) is 49.4 Å². The summed E-state index contributed by atoms with van der Waals surface area (Å²) in [6, 6.07) is 10.6. The Morgan fingerprint density at radius 2 is 1.80 bits per heavy atom. The van der Waals surface area contributed by atoms with Gasteiger partial charge in [0.2, 0.25) is 5.60 Å². The second kappa shape index (κ2) is 11.5. The van der Waals surface area contributed by atoms with E-state index in [-0.39, 0.29) is 44.1 Å². The van der Waals surface area contributed by atoms with Crippen LogP contribution in [0.1, 0.15) is 22.3 Å². The molecule has 4 rings (SSSR count). The van der Waals surface area contributed by atoms with Crippen molar-refractivity contribution < 1.29 is 41.7 Å². The highest BCUT2D eigenvalue weighted by Crippen LogP contribution is 2.42. The van der Waals surface area contributed by atoms with Gasteiger partial charge in [-0.05, 0) is 53.6 Å². The van der Waals surface area contributed by atoms with Gasteiger partial charge in [-0.15, -0.1) is 0 Å². The molecule has 0 aliphatic carbocycles. The second-order valence-electron chi connectivity index (χ2n) is 8.92. The van der Waals surface area contributed by atoms with E-state index in [4.69, 9.17) is 32.7 Å². The number of amides is 2. The maximum Gasteiger partial charge on any atom is 0.423 e. The molecule has 0 aromatic heterocycles. The number of halogens is 6. The molecule has 1 aliphatic heterocycles. The van der Waals surface area contributed by atoms with Gasteiger partial charge in [-0.3, -0.25) is 9.59 Å². The fraction of sp³-hybridized carbons (Fsp3) is 0.259. The summed E-state index contributed by atoms with van der Waals surface area (Å²) in [5, 5.41) is 15.3. The average Bonchev–Trinajstić information content (AvgIpc) is 3.32. The summed E-state index contributed by atoms with van der Waals surface area (Å²) in [7, 11) is 1.30. The summed E-state index contributed by atoms with van der Waals surface area (Å²) in [4.78, 5) is 24.5. The third-order valence-electron chi connectivity index (χ3n) is 6.34. The molecule has 2 atom stereocenters. The summed E-state index contributed by atoms with van der Waals surface area (Å²) in [6.45, 7) is -0.805. The van der Waals surface area contributed by atoms with E-state index < -0.39 is 41.7 Å². The molecule has 3 aromatic carbocycles. The molecule has 0 radical (unpaired) electrons. The molecular formula is C27H22Cl2F4N2O5. The topological polar surface area (TPSA) is 96.9 Å². The number of aliphatic hydroxyl groups is 1. The van der Waals surface area contributed by atoms with Crippen LogP contribution in [-0.2, 0) is 10.4 Å². The summed E-state index contributed by atoms with van der Waals surface area (Å²) in [5.41, 5.74) is -3.88. The van der Waals surface area contributed by atoms with E-state index >= 15 is 0 Å². The van der Waals surface area contributed by atoms with Crippen molar-refractivity contribution in [2.45, 2.75) is 24.3 Å². The fourth-order valence-corrected chi connectivity index (χ4v) is 4.51. The van der Waals surface area contributed by atoms with Crippen molar-refractivity contribution >= 4 is 35.0 Å². The number of nitrogens with one attached hydrogen (secondary N) is 2. The van der Waals surface area contributed by atoms with Gasteiger partial charge < -0.3 is 25.2 Å². The normalized spacial score (nSPS) is 16.7. The number of ether oxygens (including phenoxy) is 2. The van der Waals surface area contributed by atoms with Crippen LogP contribution in [0.25, 0.3) is 11.1 Å². The zero-order valence-electron chi connectivity index (χ0n) is 20.7. The summed E-state index contributed by atoms with van der Waals surface area (Å²) in [6.07, 6.45) is -5.54. The first-order chi connectivity index (χ1) is 18.8. The highest BCUT2D eigenvalue weighted by molar-refractivity contribution is 6.32. The zero-order chi connectivity index (χ0) is 29.2. The number of carbonyl (C=O) groups excluding carboxylic acids is 2. The molecule has 1 fully saturated rings. The number of hydrogen-bond donors (Lipinski definition) is 3. The lowest BCUT2D eigenvalue weighted by Gasteiger charge is -2.32. The molecule has 13 heteroatoms. The minimum absolute atomic E-state index is 0.0313. The summed E-state index contributed by atoms with van der Waals surface area (Å²) >= 11 is 12.0. The van der Waals surface area contributed by atoms with Gasteiger partial charge in [-0.2, -0.15) is 13.2 Å². The number of hydrogen-bond acceptors (Lipinski definition) is 5. The van der Waals surface area contributed by atoms with Gasteiger partial charge in [-0.1, -0.05) is 35.3 Å². The molecule has 1 heterocycles. The van der Waals surface area contributed by atoms with Crippen molar-refractivity contribution in [3.63, 3.8) is 0 Å². The van der Waals surface area contributed by atoms with E-state index in [1.165, 1.54) is 43.5 Å². The lowest BCUT2D eigenvalue weighted by molar-refractivity contribution is -0.263. The molecular weight excluding hydrogens is 579 g/mol. The van der Waals surface area contributed by atoms with Gasteiger partial charge in [0.05, 0.1) is 23.7 Å². The predicted molar refractivity (Wildman–Crippen MR) is 139 cm³/mol. The molecule has 212 valence electrons. The Morgan fingerprint density at radius 3 is 2.40 bits per heavy atom. The molecule has 7 nitrogen and oxygen atoms in total. The Balaban J connectivity index is 1.58. The molecule has 1 saturated heterocycles. The Hall–Kier alpha value is -3.54. The van der Waals surface area contributed by atoms with Crippen LogP contribution in [0.3, 0.4) is 0 Å². The minimum atomic E-state index is -5.22.